The average molecular weight is 372 g/mol. The van der Waals surface area contributed by atoms with Crippen molar-refractivity contribution in [2.45, 2.75) is 49.8 Å². The average Bonchev–Trinajstić information content (AvgIpc) is 3.17. The molecular weight excluding hydrogens is 348 g/mol. The lowest BCUT2D eigenvalue weighted by molar-refractivity contribution is 0.125. The van der Waals surface area contributed by atoms with Crippen LogP contribution >= 0.6 is 0 Å². The molecule has 3 fully saturated rings. The number of sulfonamides is 1. The van der Waals surface area contributed by atoms with Crippen LogP contribution in [0.3, 0.4) is 0 Å². The summed E-state index contributed by atoms with van der Waals surface area (Å²) in [6.45, 7) is 1.17. The van der Waals surface area contributed by atoms with Gasteiger partial charge in [-0.3, -0.25) is 0 Å². The lowest BCUT2D eigenvalue weighted by Gasteiger charge is -2.42. The van der Waals surface area contributed by atoms with Crippen molar-refractivity contribution < 1.29 is 8.42 Å². The fourth-order valence-electron chi connectivity index (χ4n) is 4.64. The molecule has 1 saturated heterocycles. The number of hydrogen-bond donors (Lipinski definition) is 0. The van der Waals surface area contributed by atoms with Crippen molar-refractivity contribution in [1.29, 1.82) is 0 Å². The zero-order valence-electron chi connectivity index (χ0n) is 14.8. The van der Waals surface area contributed by atoms with Crippen molar-refractivity contribution in [3.05, 3.63) is 48.0 Å². The van der Waals surface area contributed by atoms with Gasteiger partial charge in [0.1, 0.15) is 12.2 Å². The first-order valence-corrected chi connectivity index (χ1v) is 11.1. The monoisotopic (exact) mass is 372 g/mol. The minimum absolute atomic E-state index is 0.0590. The van der Waals surface area contributed by atoms with Gasteiger partial charge in [-0.25, -0.2) is 12.7 Å². The van der Waals surface area contributed by atoms with Crippen molar-refractivity contribution >= 4 is 10.0 Å². The molecule has 0 bridgehead atoms. The Bertz CT molecular complexity index is 901. The highest BCUT2D eigenvalue weighted by Gasteiger charge is 2.55. The van der Waals surface area contributed by atoms with Crippen LogP contribution in [-0.2, 0) is 15.8 Å². The van der Waals surface area contributed by atoms with E-state index in [2.05, 4.69) is 14.8 Å². The largest absolute Gasteiger partial charge is 0.314 e. The van der Waals surface area contributed by atoms with Gasteiger partial charge in [0.2, 0.25) is 10.0 Å². The lowest BCUT2D eigenvalue weighted by Crippen LogP contribution is -2.38. The van der Waals surface area contributed by atoms with Crippen molar-refractivity contribution in [2.75, 3.05) is 13.1 Å². The van der Waals surface area contributed by atoms with Crippen LogP contribution in [0.1, 0.15) is 55.5 Å². The highest BCUT2D eigenvalue weighted by atomic mass is 32.2. The Morgan fingerprint density at radius 2 is 1.92 bits per heavy atom. The van der Waals surface area contributed by atoms with E-state index in [-0.39, 0.29) is 17.1 Å². The van der Waals surface area contributed by atoms with Crippen LogP contribution in [0.25, 0.3) is 0 Å². The van der Waals surface area contributed by atoms with Gasteiger partial charge in [-0.05, 0) is 36.7 Å². The molecule has 2 heterocycles. The van der Waals surface area contributed by atoms with Gasteiger partial charge in [-0.2, -0.15) is 0 Å². The number of hydrogen-bond acceptors (Lipinski definition) is 4. The van der Waals surface area contributed by atoms with E-state index in [1.165, 1.54) is 19.3 Å². The summed E-state index contributed by atoms with van der Waals surface area (Å²) in [7, 11) is -3.33. The first-order chi connectivity index (χ1) is 12.6. The second kappa shape index (κ2) is 5.89. The third-order valence-electron chi connectivity index (χ3n) is 6.40. The quantitative estimate of drug-likeness (QED) is 0.809. The molecule has 1 atom stereocenters. The van der Waals surface area contributed by atoms with Crippen LogP contribution in [0.15, 0.2) is 36.7 Å². The second-order valence-electron chi connectivity index (χ2n) is 8.13. The molecule has 0 amide bonds. The highest BCUT2D eigenvalue weighted by molar-refractivity contribution is 7.88. The zero-order chi connectivity index (χ0) is 17.8. The summed E-state index contributed by atoms with van der Waals surface area (Å²) in [5.74, 6) is 1.25. The smallest absolute Gasteiger partial charge is 0.218 e. The first kappa shape index (κ1) is 16.4. The van der Waals surface area contributed by atoms with Gasteiger partial charge in [0.25, 0.3) is 0 Å². The van der Waals surface area contributed by atoms with E-state index in [1.54, 1.807) is 4.31 Å². The van der Waals surface area contributed by atoms with Crippen molar-refractivity contribution in [3.8, 4) is 0 Å². The number of nitrogens with zero attached hydrogens (tertiary/aromatic N) is 4. The molecular formula is C19H24N4O2S. The summed E-state index contributed by atoms with van der Waals surface area (Å²) in [5, 5.41) is 8.58. The molecule has 0 N–H and O–H groups in total. The topological polar surface area (TPSA) is 68.1 Å². The van der Waals surface area contributed by atoms with Gasteiger partial charge in [-0.15, -0.1) is 10.2 Å². The Morgan fingerprint density at radius 3 is 2.58 bits per heavy atom. The normalized spacial score (nSPS) is 25.5. The Hall–Kier alpha value is -1.73. The summed E-state index contributed by atoms with van der Waals surface area (Å²) >= 11 is 0. The molecule has 6 nitrogen and oxygen atoms in total. The molecule has 1 aliphatic heterocycles. The minimum atomic E-state index is -3.33. The van der Waals surface area contributed by atoms with Crippen LogP contribution in [-0.4, -0.2) is 40.6 Å². The summed E-state index contributed by atoms with van der Waals surface area (Å²) in [4.78, 5) is 0. The summed E-state index contributed by atoms with van der Waals surface area (Å²) in [6, 6.07) is 9.98. The molecule has 1 aromatic heterocycles. The molecule has 138 valence electrons. The van der Waals surface area contributed by atoms with E-state index < -0.39 is 10.0 Å². The van der Waals surface area contributed by atoms with Crippen molar-refractivity contribution in [2.24, 2.45) is 5.41 Å². The number of aromatic nitrogens is 3. The molecule has 2 aromatic rings. The van der Waals surface area contributed by atoms with Crippen LogP contribution in [0.5, 0.6) is 0 Å². The van der Waals surface area contributed by atoms with Crippen LogP contribution in [0.4, 0.5) is 0 Å². The molecule has 1 unspecified atom stereocenters. The standard InChI is InChI=1S/C19H24N4O2S/c24-26(25,12-15-5-2-1-3-6-15)22-11-17(19(13-22)9-4-10-19)18-21-20-14-23(18)16-7-8-16/h1-3,5-6,14,16-17H,4,7-13H2. The van der Waals surface area contributed by atoms with E-state index in [0.29, 0.717) is 19.1 Å². The van der Waals surface area contributed by atoms with Gasteiger partial charge in [0.15, 0.2) is 0 Å². The SMILES string of the molecule is O=S(=O)(Cc1ccccc1)N1CC(c2nncn2C2CC2)C2(CCC2)C1. The van der Waals surface area contributed by atoms with Gasteiger partial charge < -0.3 is 4.57 Å². The maximum absolute atomic E-state index is 13.1. The molecule has 2 aliphatic carbocycles. The predicted molar refractivity (Wildman–Crippen MR) is 98.0 cm³/mol. The van der Waals surface area contributed by atoms with Crippen molar-refractivity contribution in [1.82, 2.24) is 19.1 Å². The van der Waals surface area contributed by atoms with E-state index in [1.807, 2.05) is 36.7 Å². The van der Waals surface area contributed by atoms with Gasteiger partial charge in [-0.1, -0.05) is 36.8 Å². The maximum Gasteiger partial charge on any atom is 0.218 e. The minimum Gasteiger partial charge on any atom is -0.314 e. The predicted octanol–water partition coefficient (Wildman–Crippen LogP) is 2.71. The summed E-state index contributed by atoms with van der Waals surface area (Å²) < 4.78 is 30.0. The Labute approximate surface area is 154 Å². The zero-order valence-corrected chi connectivity index (χ0v) is 15.6. The van der Waals surface area contributed by atoms with Gasteiger partial charge in [0, 0.05) is 25.0 Å². The summed E-state index contributed by atoms with van der Waals surface area (Å²) in [6.07, 6.45) is 7.56. The van der Waals surface area contributed by atoms with Crippen LogP contribution in [0.2, 0.25) is 0 Å². The molecule has 1 aromatic carbocycles. The fraction of sp³-hybridized carbons (Fsp3) is 0.579. The highest BCUT2D eigenvalue weighted by Crippen LogP contribution is 2.56. The van der Waals surface area contributed by atoms with E-state index in [4.69, 9.17) is 0 Å². The maximum atomic E-state index is 13.1. The van der Waals surface area contributed by atoms with Crippen LogP contribution in [0, 0.1) is 5.41 Å². The van der Waals surface area contributed by atoms with E-state index in [9.17, 15) is 8.42 Å². The molecule has 26 heavy (non-hydrogen) atoms. The number of benzene rings is 1. The van der Waals surface area contributed by atoms with E-state index in [0.717, 1.165) is 24.2 Å². The fourth-order valence-corrected chi connectivity index (χ4v) is 6.27. The Balaban J connectivity index is 1.43. The summed E-state index contributed by atoms with van der Waals surface area (Å²) in [5.41, 5.74) is 0.906. The van der Waals surface area contributed by atoms with Crippen molar-refractivity contribution in [3.63, 3.8) is 0 Å². The van der Waals surface area contributed by atoms with Gasteiger partial charge in [0.05, 0.1) is 5.75 Å². The molecule has 0 radical (unpaired) electrons. The molecule has 2 saturated carbocycles. The second-order valence-corrected chi connectivity index (χ2v) is 10.1. The lowest BCUT2D eigenvalue weighted by atomic mass is 9.62. The molecule has 7 heteroatoms. The Morgan fingerprint density at radius 1 is 1.15 bits per heavy atom. The number of rotatable bonds is 5. The molecule has 5 rings (SSSR count). The van der Waals surface area contributed by atoms with E-state index >= 15 is 0 Å². The molecule has 1 spiro atoms. The Kier molecular flexibility index (Phi) is 3.72. The third-order valence-corrected chi connectivity index (χ3v) is 8.17. The van der Waals surface area contributed by atoms with Gasteiger partial charge >= 0.3 is 0 Å². The first-order valence-electron chi connectivity index (χ1n) is 9.49. The van der Waals surface area contributed by atoms with Crippen LogP contribution < -0.4 is 0 Å². The third kappa shape index (κ3) is 2.68. The molecule has 3 aliphatic rings.